The molecule has 1 aromatic carbocycles. The van der Waals surface area contributed by atoms with Gasteiger partial charge in [0.1, 0.15) is 0 Å². The number of anilines is 1. The first-order valence-electron chi connectivity index (χ1n) is 9.62. The predicted octanol–water partition coefficient (Wildman–Crippen LogP) is 3.77. The molecule has 0 aromatic heterocycles. The summed E-state index contributed by atoms with van der Waals surface area (Å²) >= 11 is 0. The second kappa shape index (κ2) is 6.24. The highest BCUT2D eigenvalue weighted by atomic mass is 16.2. The van der Waals surface area contributed by atoms with Gasteiger partial charge in [0.25, 0.3) is 0 Å². The Morgan fingerprint density at radius 1 is 1.00 bits per heavy atom. The lowest BCUT2D eigenvalue weighted by atomic mass is 9.53. The first kappa shape index (κ1) is 16.8. The van der Waals surface area contributed by atoms with Gasteiger partial charge < -0.3 is 10.6 Å². The van der Waals surface area contributed by atoms with E-state index < -0.39 is 0 Å². The molecule has 0 aliphatic heterocycles. The molecule has 134 valence electrons. The number of nitrogens with one attached hydrogen (secondary N) is 2. The Bertz CT molecular complexity index is 644. The van der Waals surface area contributed by atoms with Crippen molar-refractivity contribution in [2.24, 2.45) is 17.8 Å². The van der Waals surface area contributed by atoms with Gasteiger partial charge in [0.2, 0.25) is 5.91 Å². The minimum atomic E-state index is -0.205. The lowest BCUT2D eigenvalue weighted by Gasteiger charge is -2.57. The number of amides is 1. The molecule has 25 heavy (non-hydrogen) atoms. The van der Waals surface area contributed by atoms with Crippen LogP contribution in [-0.4, -0.2) is 23.3 Å². The van der Waals surface area contributed by atoms with Crippen molar-refractivity contribution >= 4 is 17.4 Å². The van der Waals surface area contributed by atoms with Gasteiger partial charge in [-0.2, -0.15) is 0 Å². The van der Waals surface area contributed by atoms with Gasteiger partial charge in [-0.1, -0.05) is 0 Å². The van der Waals surface area contributed by atoms with Crippen LogP contribution in [0, 0.1) is 17.8 Å². The summed E-state index contributed by atoms with van der Waals surface area (Å²) in [7, 11) is 0. The van der Waals surface area contributed by atoms with Crippen molar-refractivity contribution in [2.45, 2.75) is 64.0 Å². The Balaban J connectivity index is 1.38. The summed E-state index contributed by atoms with van der Waals surface area (Å²) in [5.74, 6) is 2.65. The number of carbonyl (C=O) groups excluding carboxylic acids is 2. The molecule has 1 amide bonds. The maximum Gasteiger partial charge on any atom is 0.241 e. The van der Waals surface area contributed by atoms with E-state index in [1.807, 2.05) is 6.92 Å². The van der Waals surface area contributed by atoms with Crippen LogP contribution in [0.15, 0.2) is 24.3 Å². The Morgan fingerprint density at radius 3 is 2.00 bits per heavy atom. The number of hydrogen-bond acceptors (Lipinski definition) is 3. The lowest BCUT2D eigenvalue weighted by Crippen LogP contribution is -2.62. The Morgan fingerprint density at radius 2 is 1.52 bits per heavy atom. The molecule has 4 bridgehead atoms. The van der Waals surface area contributed by atoms with E-state index in [-0.39, 0.29) is 23.3 Å². The number of Topliss-reactive ketones (excluding diaryl/α,β-unsaturated/α-hetero) is 1. The van der Waals surface area contributed by atoms with Gasteiger partial charge in [0.05, 0.1) is 6.04 Å². The molecule has 0 heterocycles. The monoisotopic (exact) mass is 340 g/mol. The van der Waals surface area contributed by atoms with E-state index in [1.54, 1.807) is 31.2 Å². The van der Waals surface area contributed by atoms with Gasteiger partial charge in [-0.05, 0) is 94.4 Å². The maximum atomic E-state index is 12.6. The van der Waals surface area contributed by atoms with Crippen molar-refractivity contribution in [2.75, 3.05) is 5.32 Å². The lowest BCUT2D eigenvalue weighted by molar-refractivity contribution is -0.119. The first-order chi connectivity index (χ1) is 11.9. The summed E-state index contributed by atoms with van der Waals surface area (Å²) in [5, 5.41) is 6.69. The van der Waals surface area contributed by atoms with Crippen LogP contribution < -0.4 is 10.6 Å². The van der Waals surface area contributed by atoms with Gasteiger partial charge in [0, 0.05) is 16.8 Å². The fraction of sp³-hybridized carbons (Fsp3) is 0.619. The smallest absolute Gasteiger partial charge is 0.241 e. The Kier molecular flexibility index (Phi) is 4.19. The summed E-state index contributed by atoms with van der Waals surface area (Å²) < 4.78 is 0. The largest absolute Gasteiger partial charge is 0.325 e. The van der Waals surface area contributed by atoms with Crippen molar-refractivity contribution in [3.05, 3.63) is 29.8 Å². The van der Waals surface area contributed by atoms with Crippen molar-refractivity contribution in [3.8, 4) is 0 Å². The van der Waals surface area contributed by atoms with E-state index in [1.165, 1.54) is 38.5 Å². The van der Waals surface area contributed by atoms with Crippen LogP contribution in [0.25, 0.3) is 0 Å². The summed E-state index contributed by atoms with van der Waals surface area (Å²) in [6.07, 6.45) is 7.94. The van der Waals surface area contributed by atoms with Crippen molar-refractivity contribution in [1.29, 1.82) is 0 Å². The highest BCUT2D eigenvalue weighted by molar-refractivity contribution is 5.97. The van der Waals surface area contributed by atoms with Crippen LogP contribution in [0.4, 0.5) is 5.69 Å². The van der Waals surface area contributed by atoms with E-state index in [4.69, 9.17) is 0 Å². The number of carbonyl (C=O) groups is 2. The number of hydrogen-bond donors (Lipinski definition) is 2. The molecule has 0 saturated heterocycles. The Labute approximate surface area is 149 Å². The van der Waals surface area contributed by atoms with E-state index in [0.717, 1.165) is 23.4 Å². The van der Waals surface area contributed by atoms with Crippen molar-refractivity contribution in [1.82, 2.24) is 5.32 Å². The van der Waals surface area contributed by atoms with Crippen molar-refractivity contribution < 1.29 is 9.59 Å². The SMILES string of the molecule is CC(=O)c1ccc(NC(=O)[C@@H](C)NC23CC4CC(CC(C4)C2)C3)cc1. The fourth-order valence-corrected chi connectivity index (χ4v) is 5.85. The Hall–Kier alpha value is -1.68. The molecular formula is C21H28N2O2. The number of benzene rings is 1. The van der Waals surface area contributed by atoms with Crippen LogP contribution in [-0.2, 0) is 4.79 Å². The third kappa shape index (κ3) is 3.37. The molecule has 2 N–H and O–H groups in total. The van der Waals surface area contributed by atoms with E-state index in [2.05, 4.69) is 10.6 Å². The molecule has 4 aliphatic rings. The van der Waals surface area contributed by atoms with Gasteiger partial charge in [-0.15, -0.1) is 0 Å². The molecular weight excluding hydrogens is 312 g/mol. The van der Waals surface area contributed by atoms with E-state index in [9.17, 15) is 9.59 Å². The molecule has 4 heteroatoms. The minimum Gasteiger partial charge on any atom is -0.325 e. The van der Waals surface area contributed by atoms with Crippen LogP contribution in [0.1, 0.15) is 62.7 Å². The fourth-order valence-electron chi connectivity index (χ4n) is 5.85. The van der Waals surface area contributed by atoms with Gasteiger partial charge in [-0.25, -0.2) is 0 Å². The molecule has 4 saturated carbocycles. The normalized spacial score (nSPS) is 33.9. The summed E-state index contributed by atoms with van der Waals surface area (Å²) in [6.45, 7) is 3.52. The first-order valence-corrected chi connectivity index (χ1v) is 9.62. The number of ketones is 1. The van der Waals surface area contributed by atoms with Gasteiger partial charge in [0.15, 0.2) is 5.78 Å². The molecule has 4 aliphatic carbocycles. The standard InChI is InChI=1S/C21H28N2O2/c1-13(20(25)22-19-5-3-18(4-6-19)14(2)24)23-21-10-15-7-16(11-21)9-17(8-15)12-21/h3-6,13,15-17,23H,7-12H2,1-2H3,(H,22,25)/t13-,15?,16?,17?,21?/m1/s1. The minimum absolute atomic E-state index is 0.00585. The molecule has 1 atom stereocenters. The van der Waals surface area contributed by atoms with Gasteiger partial charge >= 0.3 is 0 Å². The van der Waals surface area contributed by atoms with Crippen LogP contribution in [0.5, 0.6) is 0 Å². The molecule has 1 aromatic rings. The summed E-state index contributed by atoms with van der Waals surface area (Å²) in [4.78, 5) is 24.0. The molecule has 4 fully saturated rings. The second-order valence-corrected chi connectivity index (χ2v) is 8.69. The second-order valence-electron chi connectivity index (χ2n) is 8.69. The third-order valence-corrected chi connectivity index (χ3v) is 6.51. The average molecular weight is 340 g/mol. The number of rotatable bonds is 5. The zero-order chi connectivity index (χ0) is 17.6. The third-order valence-electron chi connectivity index (χ3n) is 6.51. The molecule has 0 radical (unpaired) electrons. The molecule has 5 rings (SSSR count). The van der Waals surface area contributed by atoms with E-state index >= 15 is 0 Å². The molecule has 0 spiro atoms. The van der Waals surface area contributed by atoms with Crippen LogP contribution in [0.3, 0.4) is 0 Å². The quantitative estimate of drug-likeness (QED) is 0.802. The zero-order valence-electron chi connectivity index (χ0n) is 15.2. The topological polar surface area (TPSA) is 58.2 Å². The average Bonchev–Trinajstić information content (AvgIpc) is 2.53. The van der Waals surface area contributed by atoms with Crippen LogP contribution >= 0.6 is 0 Å². The highest BCUT2D eigenvalue weighted by Gasteiger charge is 2.51. The van der Waals surface area contributed by atoms with Gasteiger partial charge in [-0.3, -0.25) is 9.59 Å². The van der Waals surface area contributed by atoms with Crippen LogP contribution in [0.2, 0.25) is 0 Å². The van der Waals surface area contributed by atoms with E-state index in [0.29, 0.717) is 5.56 Å². The summed E-state index contributed by atoms with van der Waals surface area (Å²) in [5.41, 5.74) is 1.59. The highest BCUT2D eigenvalue weighted by Crippen LogP contribution is 2.55. The predicted molar refractivity (Wildman–Crippen MR) is 98.6 cm³/mol. The summed E-state index contributed by atoms with van der Waals surface area (Å²) in [6, 6.07) is 6.91. The van der Waals surface area contributed by atoms with Crippen molar-refractivity contribution in [3.63, 3.8) is 0 Å². The molecule has 4 nitrogen and oxygen atoms in total. The molecule has 0 unspecified atom stereocenters. The zero-order valence-corrected chi connectivity index (χ0v) is 15.2. The maximum absolute atomic E-state index is 12.6.